The van der Waals surface area contributed by atoms with Crippen LogP contribution in [0.2, 0.25) is 5.02 Å². The van der Waals surface area contributed by atoms with E-state index in [1.807, 2.05) is 0 Å². The van der Waals surface area contributed by atoms with Gasteiger partial charge >= 0.3 is 0 Å². The van der Waals surface area contributed by atoms with Gasteiger partial charge in [-0.1, -0.05) is 16.8 Å². The molecule has 1 aliphatic heterocycles. The first kappa shape index (κ1) is 18.7. The molecule has 0 bridgehead atoms. The van der Waals surface area contributed by atoms with Gasteiger partial charge in [0.05, 0.1) is 19.3 Å². The van der Waals surface area contributed by atoms with Crippen LogP contribution in [0.15, 0.2) is 28.8 Å². The molecule has 1 fully saturated rings. The van der Waals surface area contributed by atoms with E-state index in [0.717, 1.165) is 5.56 Å². The summed E-state index contributed by atoms with van der Waals surface area (Å²) in [5, 5.41) is 10.5. The normalized spacial score (nSPS) is 18.5. The van der Waals surface area contributed by atoms with Crippen molar-refractivity contribution in [2.24, 2.45) is 0 Å². The lowest BCUT2D eigenvalue weighted by molar-refractivity contribution is -0.126. The van der Waals surface area contributed by atoms with Crippen molar-refractivity contribution in [3.05, 3.63) is 35.1 Å². The highest BCUT2D eigenvalue weighted by atomic mass is 35.5. The molecule has 0 spiro atoms. The fourth-order valence-corrected chi connectivity index (χ4v) is 2.36. The number of aromatic nitrogens is 2. The fourth-order valence-electron chi connectivity index (χ4n) is 2.23. The van der Waals surface area contributed by atoms with E-state index in [1.54, 1.807) is 31.2 Å². The van der Waals surface area contributed by atoms with Crippen LogP contribution in [0, 0.1) is 0 Å². The lowest BCUT2D eigenvalue weighted by Crippen LogP contribution is -2.51. The van der Waals surface area contributed by atoms with E-state index >= 15 is 0 Å². The lowest BCUT2D eigenvalue weighted by atomic mass is 10.2. The number of rotatable bonds is 4. The predicted octanol–water partition coefficient (Wildman–Crippen LogP) is 1.98. The average molecular weight is 373 g/mol. The summed E-state index contributed by atoms with van der Waals surface area (Å²) in [6, 6.07) is 6.38. The highest BCUT2D eigenvalue weighted by Gasteiger charge is 2.24. The van der Waals surface area contributed by atoms with Gasteiger partial charge in [-0.05, 0) is 31.2 Å². The number of carbonyl (C=O) groups is 1. The standard InChI is InChI=1S/C15H17ClN4O3.ClH/c1-9(18-14(21)12-8-22-7-6-17-12)13-19-15(23-20-13)10-2-4-11(16)5-3-10;/h2-5,9,12,17H,6-8H2,1H3,(H,18,21);1H. The first-order chi connectivity index (χ1) is 11.1. The third-order valence-corrected chi connectivity index (χ3v) is 3.77. The number of hydrogen-bond donors (Lipinski definition) is 2. The van der Waals surface area contributed by atoms with E-state index in [-0.39, 0.29) is 30.4 Å². The molecule has 2 N–H and O–H groups in total. The van der Waals surface area contributed by atoms with Crippen LogP contribution in [0.3, 0.4) is 0 Å². The van der Waals surface area contributed by atoms with Crippen molar-refractivity contribution < 1.29 is 14.1 Å². The molecule has 1 amide bonds. The van der Waals surface area contributed by atoms with Gasteiger partial charge in [0.15, 0.2) is 5.82 Å². The molecule has 1 saturated heterocycles. The van der Waals surface area contributed by atoms with Crippen molar-refractivity contribution in [3.63, 3.8) is 0 Å². The summed E-state index contributed by atoms with van der Waals surface area (Å²) in [4.78, 5) is 16.5. The Bertz CT molecular complexity index is 672. The smallest absolute Gasteiger partial charge is 0.257 e. The van der Waals surface area contributed by atoms with Crippen LogP contribution in [-0.2, 0) is 9.53 Å². The summed E-state index contributed by atoms with van der Waals surface area (Å²) in [6.45, 7) is 3.45. The van der Waals surface area contributed by atoms with Gasteiger partial charge in [0.2, 0.25) is 5.91 Å². The van der Waals surface area contributed by atoms with Crippen molar-refractivity contribution in [3.8, 4) is 11.5 Å². The number of amides is 1. The van der Waals surface area contributed by atoms with Gasteiger partial charge in [0, 0.05) is 17.1 Å². The molecule has 2 unspecified atom stereocenters. The Morgan fingerprint density at radius 3 is 2.83 bits per heavy atom. The van der Waals surface area contributed by atoms with E-state index in [2.05, 4.69) is 20.8 Å². The molecular formula is C15H18Cl2N4O3. The topological polar surface area (TPSA) is 89.3 Å². The molecular weight excluding hydrogens is 355 g/mol. The summed E-state index contributed by atoms with van der Waals surface area (Å²) in [5.74, 6) is 0.659. The van der Waals surface area contributed by atoms with E-state index in [0.29, 0.717) is 36.5 Å². The van der Waals surface area contributed by atoms with Gasteiger partial charge in [0.25, 0.3) is 5.89 Å². The predicted molar refractivity (Wildman–Crippen MR) is 91.2 cm³/mol. The van der Waals surface area contributed by atoms with Crippen LogP contribution in [0.25, 0.3) is 11.5 Å². The maximum atomic E-state index is 12.1. The summed E-state index contributed by atoms with van der Waals surface area (Å²) < 4.78 is 10.5. The third kappa shape index (κ3) is 4.45. The number of benzene rings is 1. The van der Waals surface area contributed by atoms with Crippen LogP contribution in [0.1, 0.15) is 18.8 Å². The van der Waals surface area contributed by atoms with Gasteiger partial charge in [0.1, 0.15) is 6.04 Å². The SMILES string of the molecule is CC(NC(=O)C1COCCN1)c1noc(-c2ccc(Cl)cc2)n1.Cl. The number of ether oxygens (including phenoxy) is 1. The van der Waals surface area contributed by atoms with Crippen LogP contribution in [0.5, 0.6) is 0 Å². The Kier molecular flexibility index (Phi) is 6.56. The molecule has 2 heterocycles. The number of carbonyl (C=O) groups excluding carboxylic acids is 1. The molecule has 130 valence electrons. The highest BCUT2D eigenvalue weighted by Crippen LogP contribution is 2.21. The molecule has 2 atom stereocenters. The number of nitrogens with one attached hydrogen (secondary N) is 2. The van der Waals surface area contributed by atoms with Gasteiger partial charge < -0.3 is 19.9 Å². The zero-order valence-electron chi connectivity index (χ0n) is 13.0. The van der Waals surface area contributed by atoms with Gasteiger partial charge in [-0.15, -0.1) is 12.4 Å². The molecule has 1 aromatic heterocycles. The Hall–Kier alpha value is -1.67. The summed E-state index contributed by atoms with van der Waals surface area (Å²) in [7, 11) is 0. The van der Waals surface area contributed by atoms with Crippen LogP contribution in [-0.4, -0.2) is 41.8 Å². The Morgan fingerprint density at radius 2 is 2.17 bits per heavy atom. The van der Waals surface area contributed by atoms with Crippen molar-refractivity contribution in [1.29, 1.82) is 0 Å². The fraction of sp³-hybridized carbons (Fsp3) is 0.400. The van der Waals surface area contributed by atoms with E-state index in [4.69, 9.17) is 20.9 Å². The molecule has 0 radical (unpaired) electrons. The van der Waals surface area contributed by atoms with Gasteiger partial charge in [-0.3, -0.25) is 4.79 Å². The Balaban J connectivity index is 0.00000208. The lowest BCUT2D eigenvalue weighted by Gasteiger charge is -2.23. The van der Waals surface area contributed by atoms with Gasteiger partial charge in [-0.2, -0.15) is 4.98 Å². The van der Waals surface area contributed by atoms with Crippen molar-refractivity contribution in [2.45, 2.75) is 19.0 Å². The quantitative estimate of drug-likeness (QED) is 0.852. The molecule has 7 nitrogen and oxygen atoms in total. The minimum Gasteiger partial charge on any atom is -0.378 e. The zero-order chi connectivity index (χ0) is 16.2. The summed E-state index contributed by atoms with van der Waals surface area (Å²) >= 11 is 5.86. The molecule has 24 heavy (non-hydrogen) atoms. The molecule has 3 rings (SSSR count). The molecule has 0 aliphatic carbocycles. The molecule has 0 saturated carbocycles. The molecule has 1 aliphatic rings. The third-order valence-electron chi connectivity index (χ3n) is 3.52. The second-order valence-electron chi connectivity index (χ2n) is 5.28. The van der Waals surface area contributed by atoms with E-state index < -0.39 is 0 Å². The van der Waals surface area contributed by atoms with Crippen LogP contribution in [0.4, 0.5) is 0 Å². The maximum absolute atomic E-state index is 12.1. The first-order valence-corrected chi connectivity index (χ1v) is 7.72. The van der Waals surface area contributed by atoms with Crippen molar-refractivity contribution >= 4 is 29.9 Å². The first-order valence-electron chi connectivity index (χ1n) is 7.34. The van der Waals surface area contributed by atoms with Crippen LogP contribution >= 0.6 is 24.0 Å². The molecule has 2 aromatic rings. The second kappa shape index (κ2) is 8.43. The number of hydrogen-bond acceptors (Lipinski definition) is 6. The Morgan fingerprint density at radius 1 is 1.42 bits per heavy atom. The molecule has 1 aromatic carbocycles. The van der Waals surface area contributed by atoms with Crippen molar-refractivity contribution in [1.82, 2.24) is 20.8 Å². The highest BCUT2D eigenvalue weighted by molar-refractivity contribution is 6.30. The minimum absolute atomic E-state index is 0. The van der Waals surface area contributed by atoms with E-state index in [1.165, 1.54) is 0 Å². The van der Waals surface area contributed by atoms with Crippen LogP contribution < -0.4 is 10.6 Å². The molecule has 9 heteroatoms. The average Bonchev–Trinajstić information content (AvgIpc) is 3.06. The van der Waals surface area contributed by atoms with Crippen molar-refractivity contribution in [2.75, 3.05) is 19.8 Å². The summed E-state index contributed by atoms with van der Waals surface area (Å²) in [5.41, 5.74) is 0.772. The summed E-state index contributed by atoms with van der Waals surface area (Å²) in [6.07, 6.45) is 0. The number of halogens is 2. The van der Waals surface area contributed by atoms with Gasteiger partial charge in [-0.25, -0.2) is 0 Å². The second-order valence-corrected chi connectivity index (χ2v) is 5.71. The number of nitrogens with zero attached hydrogens (tertiary/aromatic N) is 2. The maximum Gasteiger partial charge on any atom is 0.257 e. The van der Waals surface area contributed by atoms with E-state index in [9.17, 15) is 4.79 Å². The Labute approximate surface area is 150 Å². The number of morpholine rings is 1. The minimum atomic E-state index is -0.365. The monoisotopic (exact) mass is 372 g/mol. The zero-order valence-corrected chi connectivity index (χ0v) is 14.6. The largest absolute Gasteiger partial charge is 0.378 e.